The Kier molecular flexibility index (Phi) is 2.67. The zero-order valence-electron chi connectivity index (χ0n) is 7.96. The van der Waals surface area contributed by atoms with Gasteiger partial charge in [0.2, 0.25) is 5.91 Å². The molecule has 13 heavy (non-hydrogen) atoms. The van der Waals surface area contributed by atoms with E-state index in [4.69, 9.17) is 0 Å². The van der Waals surface area contributed by atoms with Gasteiger partial charge in [0.05, 0.1) is 0 Å². The molecule has 2 aliphatic rings. The number of nitrogens with one attached hydrogen (secondary N) is 1. The third kappa shape index (κ3) is 2.58. The normalized spacial score (nSPS) is 22.2. The van der Waals surface area contributed by atoms with Crippen LogP contribution in [0.25, 0.3) is 0 Å². The summed E-state index contributed by atoms with van der Waals surface area (Å²) in [5.74, 6) is 1.44. The van der Waals surface area contributed by atoms with E-state index in [1.165, 1.54) is 12.8 Å². The molecule has 0 aromatic rings. The van der Waals surface area contributed by atoms with Gasteiger partial charge in [0, 0.05) is 12.5 Å². The highest BCUT2D eigenvalue weighted by atomic mass is 16.2. The van der Waals surface area contributed by atoms with Crippen molar-refractivity contribution in [2.75, 3.05) is 6.54 Å². The molecule has 1 N–H and O–H groups in total. The van der Waals surface area contributed by atoms with Gasteiger partial charge >= 0.3 is 0 Å². The Morgan fingerprint density at radius 3 is 2.62 bits per heavy atom. The average Bonchev–Trinajstić information content (AvgIpc) is 2.86. The Bertz CT molecular complexity index is 210. The molecule has 0 spiro atoms. The molecule has 2 aliphatic carbocycles. The van der Waals surface area contributed by atoms with Crippen LogP contribution < -0.4 is 5.32 Å². The van der Waals surface area contributed by atoms with Crippen LogP contribution in [-0.2, 0) is 4.79 Å². The Balaban J connectivity index is 1.55. The highest BCUT2D eigenvalue weighted by Crippen LogP contribution is 2.28. The monoisotopic (exact) mass is 179 g/mol. The fourth-order valence-electron chi connectivity index (χ4n) is 1.80. The van der Waals surface area contributed by atoms with Crippen molar-refractivity contribution in [2.24, 2.45) is 11.8 Å². The lowest BCUT2D eigenvalue weighted by molar-refractivity contribution is -0.122. The third-order valence-corrected chi connectivity index (χ3v) is 2.91. The molecular weight excluding hydrogens is 162 g/mol. The summed E-state index contributed by atoms with van der Waals surface area (Å²) in [6.45, 7) is 0.877. The number of hydrogen-bond acceptors (Lipinski definition) is 1. The molecule has 1 amide bonds. The second-order valence-electron chi connectivity index (χ2n) is 4.16. The molecule has 0 bridgehead atoms. The molecular formula is C11H17NO. The van der Waals surface area contributed by atoms with Crippen LogP contribution in [0.2, 0.25) is 0 Å². The summed E-state index contributed by atoms with van der Waals surface area (Å²) in [5.41, 5.74) is 0. The van der Waals surface area contributed by atoms with Crippen LogP contribution >= 0.6 is 0 Å². The van der Waals surface area contributed by atoms with Gasteiger partial charge in [0.15, 0.2) is 0 Å². The van der Waals surface area contributed by atoms with E-state index in [0.29, 0.717) is 5.92 Å². The van der Waals surface area contributed by atoms with Crippen molar-refractivity contribution >= 4 is 5.91 Å². The standard InChI is InChI=1S/C11H17NO/c13-11(10-5-6-10)12-8-7-9-3-1-2-4-9/h1-2,9-10H,3-8H2,(H,12,13). The summed E-state index contributed by atoms with van der Waals surface area (Å²) < 4.78 is 0. The molecule has 0 aromatic carbocycles. The van der Waals surface area contributed by atoms with Crippen molar-refractivity contribution in [3.05, 3.63) is 12.2 Å². The molecule has 0 radical (unpaired) electrons. The number of allylic oxidation sites excluding steroid dienone is 2. The van der Waals surface area contributed by atoms with Crippen molar-refractivity contribution in [1.29, 1.82) is 0 Å². The lowest BCUT2D eigenvalue weighted by atomic mass is 10.0. The van der Waals surface area contributed by atoms with Gasteiger partial charge in [-0.15, -0.1) is 0 Å². The van der Waals surface area contributed by atoms with E-state index >= 15 is 0 Å². The minimum absolute atomic E-state index is 0.283. The van der Waals surface area contributed by atoms with Crippen molar-refractivity contribution in [3.63, 3.8) is 0 Å². The van der Waals surface area contributed by atoms with E-state index in [2.05, 4.69) is 17.5 Å². The first-order chi connectivity index (χ1) is 6.36. The Labute approximate surface area is 79.4 Å². The molecule has 0 saturated heterocycles. The molecule has 1 saturated carbocycles. The van der Waals surface area contributed by atoms with E-state index in [0.717, 1.165) is 31.7 Å². The minimum Gasteiger partial charge on any atom is -0.356 e. The van der Waals surface area contributed by atoms with Gasteiger partial charge in [-0.2, -0.15) is 0 Å². The Morgan fingerprint density at radius 2 is 2.00 bits per heavy atom. The van der Waals surface area contributed by atoms with E-state index in [-0.39, 0.29) is 5.91 Å². The maximum atomic E-state index is 11.3. The first kappa shape index (κ1) is 8.79. The van der Waals surface area contributed by atoms with E-state index in [9.17, 15) is 4.79 Å². The summed E-state index contributed by atoms with van der Waals surface area (Å²) >= 11 is 0. The summed E-state index contributed by atoms with van der Waals surface area (Å²) in [4.78, 5) is 11.3. The Morgan fingerprint density at radius 1 is 1.31 bits per heavy atom. The molecule has 72 valence electrons. The highest BCUT2D eigenvalue weighted by molar-refractivity contribution is 5.80. The smallest absolute Gasteiger partial charge is 0.223 e. The van der Waals surface area contributed by atoms with Crippen LogP contribution in [0, 0.1) is 11.8 Å². The molecule has 0 aliphatic heterocycles. The maximum Gasteiger partial charge on any atom is 0.223 e. The largest absolute Gasteiger partial charge is 0.356 e. The molecule has 2 heteroatoms. The van der Waals surface area contributed by atoms with Crippen LogP contribution in [0.1, 0.15) is 32.1 Å². The van der Waals surface area contributed by atoms with Crippen molar-refractivity contribution in [2.45, 2.75) is 32.1 Å². The van der Waals surface area contributed by atoms with Crippen LogP contribution in [0.3, 0.4) is 0 Å². The van der Waals surface area contributed by atoms with Crippen LogP contribution in [0.15, 0.2) is 12.2 Å². The first-order valence-electron chi connectivity index (χ1n) is 5.29. The topological polar surface area (TPSA) is 29.1 Å². The molecule has 2 nitrogen and oxygen atoms in total. The molecule has 0 heterocycles. The first-order valence-corrected chi connectivity index (χ1v) is 5.29. The third-order valence-electron chi connectivity index (χ3n) is 2.91. The predicted octanol–water partition coefficient (Wildman–Crippen LogP) is 1.87. The van der Waals surface area contributed by atoms with Crippen molar-refractivity contribution < 1.29 is 4.79 Å². The van der Waals surface area contributed by atoms with Crippen molar-refractivity contribution in [1.82, 2.24) is 5.32 Å². The summed E-state index contributed by atoms with van der Waals surface area (Å²) in [5, 5.41) is 3.00. The van der Waals surface area contributed by atoms with Gasteiger partial charge in [-0.3, -0.25) is 4.79 Å². The lowest BCUT2D eigenvalue weighted by Gasteiger charge is -2.09. The zero-order valence-corrected chi connectivity index (χ0v) is 7.96. The molecule has 0 unspecified atom stereocenters. The summed E-state index contributed by atoms with van der Waals surface area (Å²) in [6.07, 6.45) is 10.3. The van der Waals surface area contributed by atoms with Gasteiger partial charge in [-0.05, 0) is 38.0 Å². The van der Waals surface area contributed by atoms with Gasteiger partial charge < -0.3 is 5.32 Å². The number of carbonyl (C=O) groups is 1. The zero-order chi connectivity index (χ0) is 9.10. The number of carbonyl (C=O) groups excluding carboxylic acids is 1. The quantitative estimate of drug-likeness (QED) is 0.656. The SMILES string of the molecule is O=C(NCCC1CC=CC1)C1CC1. The van der Waals surface area contributed by atoms with Gasteiger partial charge in [-0.25, -0.2) is 0 Å². The molecule has 2 rings (SSSR count). The number of hydrogen-bond donors (Lipinski definition) is 1. The highest BCUT2D eigenvalue weighted by Gasteiger charge is 2.29. The van der Waals surface area contributed by atoms with Gasteiger partial charge in [0.1, 0.15) is 0 Å². The fraction of sp³-hybridized carbons (Fsp3) is 0.727. The predicted molar refractivity (Wildman–Crippen MR) is 52.2 cm³/mol. The Hall–Kier alpha value is -0.790. The fourth-order valence-corrected chi connectivity index (χ4v) is 1.80. The minimum atomic E-state index is 0.283. The summed E-state index contributed by atoms with van der Waals surface area (Å²) in [7, 11) is 0. The van der Waals surface area contributed by atoms with E-state index < -0.39 is 0 Å². The van der Waals surface area contributed by atoms with Crippen LogP contribution in [-0.4, -0.2) is 12.5 Å². The van der Waals surface area contributed by atoms with Gasteiger partial charge in [0.25, 0.3) is 0 Å². The summed E-state index contributed by atoms with van der Waals surface area (Å²) in [6, 6.07) is 0. The number of rotatable bonds is 4. The van der Waals surface area contributed by atoms with Crippen LogP contribution in [0.4, 0.5) is 0 Å². The van der Waals surface area contributed by atoms with E-state index in [1.54, 1.807) is 0 Å². The van der Waals surface area contributed by atoms with Crippen LogP contribution in [0.5, 0.6) is 0 Å². The maximum absolute atomic E-state index is 11.3. The molecule has 0 aromatic heterocycles. The van der Waals surface area contributed by atoms with E-state index in [1.807, 2.05) is 0 Å². The lowest BCUT2D eigenvalue weighted by Crippen LogP contribution is -2.26. The molecule has 1 fully saturated rings. The van der Waals surface area contributed by atoms with Crippen molar-refractivity contribution in [3.8, 4) is 0 Å². The second kappa shape index (κ2) is 3.95. The average molecular weight is 179 g/mol. The number of amides is 1. The molecule has 0 atom stereocenters. The van der Waals surface area contributed by atoms with Gasteiger partial charge in [-0.1, -0.05) is 12.2 Å². The second-order valence-corrected chi connectivity index (χ2v) is 4.16.